The number of aromatic amines is 1. The van der Waals surface area contributed by atoms with E-state index in [1.807, 2.05) is 25.1 Å². The highest BCUT2D eigenvalue weighted by molar-refractivity contribution is 9.10. The van der Waals surface area contributed by atoms with E-state index in [0.717, 1.165) is 15.1 Å². The van der Waals surface area contributed by atoms with E-state index in [1.165, 1.54) is 0 Å². The molecule has 7 heteroatoms. The van der Waals surface area contributed by atoms with Crippen LogP contribution in [-0.4, -0.2) is 20.6 Å². The SMILES string of the molecule is CC(NCc1cc(Cl)ccc1Br)c1nn[nH]n1. The van der Waals surface area contributed by atoms with Crippen LogP contribution in [0.4, 0.5) is 0 Å². The van der Waals surface area contributed by atoms with Gasteiger partial charge in [0, 0.05) is 16.0 Å². The molecule has 17 heavy (non-hydrogen) atoms. The summed E-state index contributed by atoms with van der Waals surface area (Å²) in [6.45, 7) is 2.65. The van der Waals surface area contributed by atoms with Gasteiger partial charge < -0.3 is 5.32 Å². The molecule has 1 aromatic carbocycles. The minimum absolute atomic E-state index is 0.0274. The summed E-state index contributed by atoms with van der Waals surface area (Å²) in [5.41, 5.74) is 1.09. The summed E-state index contributed by atoms with van der Waals surface area (Å²) in [6, 6.07) is 5.72. The lowest BCUT2D eigenvalue weighted by Gasteiger charge is -2.11. The number of rotatable bonds is 4. The molecular weight excluding hydrogens is 306 g/mol. The van der Waals surface area contributed by atoms with Crippen LogP contribution in [0.2, 0.25) is 5.02 Å². The number of tetrazole rings is 1. The Morgan fingerprint density at radius 1 is 1.53 bits per heavy atom. The van der Waals surface area contributed by atoms with Crippen molar-refractivity contribution in [3.63, 3.8) is 0 Å². The van der Waals surface area contributed by atoms with Gasteiger partial charge in [-0.05, 0) is 30.7 Å². The normalized spacial score (nSPS) is 12.6. The Balaban J connectivity index is 2.00. The zero-order valence-electron chi connectivity index (χ0n) is 9.11. The molecule has 0 aliphatic heterocycles. The second kappa shape index (κ2) is 5.57. The van der Waals surface area contributed by atoms with Crippen molar-refractivity contribution in [2.45, 2.75) is 19.5 Å². The first-order chi connectivity index (χ1) is 8.16. The third-order valence-electron chi connectivity index (χ3n) is 2.36. The largest absolute Gasteiger partial charge is 0.303 e. The van der Waals surface area contributed by atoms with Crippen molar-refractivity contribution < 1.29 is 0 Å². The molecule has 2 rings (SSSR count). The highest BCUT2D eigenvalue weighted by atomic mass is 79.9. The fourth-order valence-corrected chi connectivity index (χ4v) is 1.97. The summed E-state index contributed by atoms with van der Waals surface area (Å²) in [5.74, 6) is 0.642. The second-order valence-corrected chi connectivity index (χ2v) is 4.90. The molecule has 0 radical (unpaired) electrons. The summed E-state index contributed by atoms with van der Waals surface area (Å²) >= 11 is 9.42. The summed E-state index contributed by atoms with van der Waals surface area (Å²) in [6.07, 6.45) is 0. The van der Waals surface area contributed by atoms with E-state index >= 15 is 0 Å². The maximum atomic E-state index is 5.94. The molecular formula is C10H11BrClN5. The molecule has 1 atom stereocenters. The predicted octanol–water partition coefficient (Wildman–Crippen LogP) is 2.47. The van der Waals surface area contributed by atoms with Crippen LogP contribution < -0.4 is 5.32 Å². The van der Waals surface area contributed by atoms with Crippen molar-refractivity contribution in [1.82, 2.24) is 25.9 Å². The van der Waals surface area contributed by atoms with Gasteiger partial charge in [0.15, 0.2) is 5.82 Å². The third-order valence-corrected chi connectivity index (χ3v) is 3.36. The van der Waals surface area contributed by atoms with Crippen molar-refractivity contribution >= 4 is 27.5 Å². The molecule has 0 saturated carbocycles. The average Bonchev–Trinajstić information content (AvgIpc) is 2.83. The second-order valence-electron chi connectivity index (χ2n) is 3.61. The zero-order valence-corrected chi connectivity index (χ0v) is 11.5. The van der Waals surface area contributed by atoms with Gasteiger partial charge in [-0.25, -0.2) is 0 Å². The van der Waals surface area contributed by atoms with Crippen LogP contribution >= 0.6 is 27.5 Å². The van der Waals surface area contributed by atoms with Crippen LogP contribution in [0.25, 0.3) is 0 Å². The number of aromatic nitrogens is 4. The van der Waals surface area contributed by atoms with E-state index in [4.69, 9.17) is 11.6 Å². The first-order valence-corrected chi connectivity index (χ1v) is 6.24. The number of nitrogens with zero attached hydrogens (tertiary/aromatic N) is 3. The molecule has 0 bridgehead atoms. The van der Waals surface area contributed by atoms with Gasteiger partial charge in [0.25, 0.3) is 0 Å². The summed E-state index contributed by atoms with van der Waals surface area (Å²) in [5, 5.41) is 17.8. The van der Waals surface area contributed by atoms with E-state index in [9.17, 15) is 0 Å². The molecule has 1 unspecified atom stereocenters. The lowest BCUT2D eigenvalue weighted by molar-refractivity contribution is 0.546. The van der Waals surface area contributed by atoms with Gasteiger partial charge in [-0.1, -0.05) is 32.7 Å². The van der Waals surface area contributed by atoms with Gasteiger partial charge >= 0.3 is 0 Å². The van der Waals surface area contributed by atoms with Crippen molar-refractivity contribution in [2.75, 3.05) is 0 Å². The van der Waals surface area contributed by atoms with E-state index < -0.39 is 0 Å². The molecule has 0 saturated heterocycles. The number of halogens is 2. The number of nitrogens with one attached hydrogen (secondary N) is 2. The topological polar surface area (TPSA) is 66.5 Å². The van der Waals surface area contributed by atoms with Crippen LogP contribution in [0.3, 0.4) is 0 Å². The summed E-state index contributed by atoms with van der Waals surface area (Å²) < 4.78 is 1.02. The molecule has 0 aliphatic carbocycles. The van der Waals surface area contributed by atoms with Crippen LogP contribution in [0.15, 0.2) is 22.7 Å². The minimum atomic E-state index is 0.0274. The molecule has 1 aromatic heterocycles. The molecule has 2 aromatic rings. The summed E-state index contributed by atoms with van der Waals surface area (Å²) in [7, 11) is 0. The molecule has 0 amide bonds. The fraction of sp³-hybridized carbons (Fsp3) is 0.300. The highest BCUT2D eigenvalue weighted by Crippen LogP contribution is 2.21. The number of hydrogen-bond donors (Lipinski definition) is 2. The Morgan fingerprint density at radius 2 is 2.35 bits per heavy atom. The Morgan fingerprint density at radius 3 is 3.06 bits per heavy atom. The Hall–Kier alpha value is -0.980. The van der Waals surface area contributed by atoms with Crippen molar-refractivity contribution in [3.05, 3.63) is 39.1 Å². The minimum Gasteiger partial charge on any atom is -0.303 e. The van der Waals surface area contributed by atoms with Crippen molar-refractivity contribution in [1.29, 1.82) is 0 Å². The quantitative estimate of drug-likeness (QED) is 0.909. The Labute approximate surface area is 112 Å². The van der Waals surface area contributed by atoms with Crippen LogP contribution in [0.5, 0.6) is 0 Å². The van der Waals surface area contributed by atoms with Crippen molar-refractivity contribution in [3.8, 4) is 0 Å². The predicted molar refractivity (Wildman–Crippen MR) is 68.6 cm³/mol. The van der Waals surface area contributed by atoms with E-state index in [0.29, 0.717) is 12.4 Å². The molecule has 2 N–H and O–H groups in total. The highest BCUT2D eigenvalue weighted by Gasteiger charge is 2.10. The lowest BCUT2D eigenvalue weighted by atomic mass is 10.2. The van der Waals surface area contributed by atoms with Gasteiger partial charge in [0.05, 0.1) is 6.04 Å². The molecule has 90 valence electrons. The first-order valence-electron chi connectivity index (χ1n) is 5.07. The maximum Gasteiger partial charge on any atom is 0.191 e. The lowest BCUT2D eigenvalue weighted by Crippen LogP contribution is -2.19. The van der Waals surface area contributed by atoms with Crippen LogP contribution in [0.1, 0.15) is 24.4 Å². The number of benzene rings is 1. The van der Waals surface area contributed by atoms with Gasteiger partial charge in [0.1, 0.15) is 0 Å². The zero-order chi connectivity index (χ0) is 12.3. The van der Waals surface area contributed by atoms with Crippen LogP contribution in [-0.2, 0) is 6.54 Å². The summed E-state index contributed by atoms with van der Waals surface area (Å²) in [4.78, 5) is 0. The molecule has 5 nitrogen and oxygen atoms in total. The van der Waals surface area contributed by atoms with Gasteiger partial charge in [0.2, 0.25) is 0 Å². The Bertz CT molecular complexity index is 487. The Kier molecular flexibility index (Phi) is 4.09. The first kappa shape index (κ1) is 12.5. The smallest absolute Gasteiger partial charge is 0.191 e. The molecule has 0 fully saturated rings. The maximum absolute atomic E-state index is 5.94. The average molecular weight is 317 g/mol. The molecule has 0 aliphatic rings. The monoisotopic (exact) mass is 315 g/mol. The molecule has 1 heterocycles. The van der Waals surface area contributed by atoms with E-state index in [1.54, 1.807) is 0 Å². The van der Waals surface area contributed by atoms with Gasteiger partial charge in [-0.2, -0.15) is 5.21 Å². The van der Waals surface area contributed by atoms with E-state index in [2.05, 4.69) is 41.9 Å². The van der Waals surface area contributed by atoms with Gasteiger partial charge in [-0.3, -0.25) is 0 Å². The van der Waals surface area contributed by atoms with Crippen molar-refractivity contribution in [2.24, 2.45) is 0 Å². The molecule has 0 spiro atoms. The third kappa shape index (κ3) is 3.24. The van der Waals surface area contributed by atoms with Crippen LogP contribution in [0, 0.1) is 0 Å². The number of hydrogen-bond acceptors (Lipinski definition) is 4. The van der Waals surface area contributed by atoms with Gasteiger partial charge in [-0.15, -0.1) is 10.2 Å². The fourth-order valence-electron chi connectivity index (χ4n) is 1.39. The standard InChI is InChI=1S/C10H11BrClN5/c1-6(10-14-16-17-15-10)13-5-7-4-8(12)2-3-9(7)11/h2-4,6,13H,5H2,1H3,(H,14,15,16,17). The number of H-pyrrole nitrogens is 1. The van der Waals surface area contributed by atoms with E-state index in [-0.39, 0.29) is 6.04 Å².